The number of aromatic nitrogens is 1. The molecular formula is C17H26N2O3S. The number of carbonyl (C=O) groups excluding carboxylic acids is 1. The van der Waals surface area contributed by atoms with Crippen LogP contribution in [0.4, 0.5) is 0 Å². The van der Waals surface area contributed by atoms with Crippen molar-refractivity contribution in [3.63, 3.8) is 0 Å². The Morgan fingerprint density at radius 1 is 1.39 bits per heavy atom. The second-order valence-electron chi connectivity index (χ2n) is 7.28. The highest BCUT2D eigenvalue weighted by atomic mass is 32.2. The van der Waals surface area contributed by atoms with E-state index in [1.54, 1.807) is 11.1 Å². The van der Waals surface area contributed by atoms with Gasteiger partial charge in [0.15, 0.2) is 0 Å². The van der Waals surface area contributed by atoms with Crippen LogP contribution in [-0.2, 0) is 21.1 Å². The molecule has 0 fully saturated rings. The summed E-state index contributed by atoms with van der Waals surface area (Å²) in [7, 11) is -3.11. The van der Waals surface area contributed by atoms with E-state index in [-0.39, 0.29) is 24.1 Å². The minimum absolute atomic E-state index is 0.0131. The fourth-order valence-corrected chi connectivity index (χ4v) is 3.59. The Morgan fingerprint density at radius 3 is 2.70 bits per heavy atom. The van der Waals surface area contributed by atoms with Gasteiger partial charge in [-0.2, -0.15) is 0 Å². The topological polar surface area (TPSA) is 67.3 Å². The van der Waals surface area contributed by atoms with Crippen molar-refractivity contribution in [1.29, 1.82) is 0 Å². The number of rotatable bonds is 4. The van der Waals surface area contributed by atoms with Crippen molar-refractivity contribution in [3.05, 3.63) is 29.6 Å². The van der Waals surface area contributed by atoms with E-state index in [1.807, 2.05) is 32.9 Å². The molecule has 1 atom stereocenters. The van der Waals surface area contributed by atoms with Gasteiger partial charge in [0.05, 0.1) is 17.4 Å². The van der Waals surface area contributed by atoms with Gasteiger partial charge in [0.1, 0.15) is 9.84 Å². The molecule has 0 radical (unpaired) electrons. The average molecular weight is 338 g/mol. The van der Waals surface area contributed by atoms with Crippen molar-refractivity contribution < 1.29 is 13.2 Å². The minimum Gasteiger partial charge on any atom is -0.336 e. The normalized spacial score (nSPS) is 18.3. The van der Waals surface area contributed by atoms with Crippen LogP contribution in [0.15, 0.2) is 18.3 Å². The lowest BCUT2D eigenvalue weighted by Gasteiger charge is -2.39. The first-order chi connectivity index (χ1) is 10.6. The maximum absolute atomic E-state index is 13.1. The second kappa shape index (κ2) is 6.59. The van der Waals surface area contributed by atoms with E-state index in [2.05, 4.69) is 4.98 Å². The molecule has 0 unspecified atom stereocenters. The molecule has 0 aliphatic heterocycles. The molecule has 5 nitrogen and oxygen atoms in total. The highest BCUT2D eigenvalue weighted by molar-refractivity contribution is 7.90. The number of aryl methyl sites for hydroxylation is 1. The summed E-state index contributed by atoms with van der Waals surface area (Å²) in [6, 6.07) is 3.93. The van der Waals surface area contributed by atoms with Crippen molar-refractivity contribution in [2.45, 2.75) is 51.5 Å². The third-order valence-corrected chi connectivity index (χ3v) is 5.18. The van der Waals surface area contributed by atoms with Crippen LogP contribution in [-0.4, -0.2) is 48.3 Å². The fraction of sp³-hybridized carbons (Fsp3) is 0.647. The van der Waals surface area contributed by atoms with Crippen molar-refractivity contribution >= 4 is 15.7 Å². The molecule has 0 saturated carbocycles. The molecular weight excluding hydrogens is 312 g/mol. The molecule has 0 aromatic carbocycles. The number of sulfone groups is 1. The van der Waals surface area contributed by atoms with Crippen LogP contribution in [0, 0.1) is 0 Å². The van der Waals surface area contributed by atoms with Crippen molar-refractivity contribution in [1.82, 2.24) is 9.88 Å². The number of pyridine rings is 1. The molecule has 1 aromatic rings. The van der Waals surface area contributed by atoms with E-state index in [4.69, 9.17) is 0 Å². The number of fused-ring (bicyclic) bond motifs is 1. The zero-order chi connectivity index (χ0) is 17.3. The number of hydrogen-bond donors (Lipinski definition) is 0. The number of amides is 1. The Labute approximate surface area is 139 Å². The molecule has 0 bridgehead atoms. The third-order valence-electron chi connectivity index (χ3n) is 4.25. The van der Waals surface area contributed by atoms with Gasteiger partial charge in [-0.1, -0.05) is 6.07 Å². The molecule has 1 aliphatic rings. The van der Waals surface area contributed by atoms with E-state index in [0.717, 1.165) is 30.5 Å². The van der Waals surface area contributed by atoms with Gasteiger partial charge in [-0.15, -0.1) is 0 Å². The van der Waals surface area contributed by atoms with Crippen molar-refractivity contribution in [3.8, 4) is 0 Å². The maximum atomic E-state index is 13.1. The molecule has 23 heavy (non-hydrogen) atoms. The summed E-state index contributed by atoms with van der Waals surface area (Å²) in [5.41, 5.74) is 1.57. The lowest BCUT2D eigenvalue weighted by atomic mass is 9.85. The number of nitrogens with zero attached hydrogens (tertiary/aromatic N) is 2. The summed E-state index contributed by atoms with van der Waals surface area (Å²) in [5.74, 6) is -0.294. The minimum atomic E-state index is -3.11. The van der Waals surface area contributed by atoms with Gasteiger partial charge >= 0.3 is 0 Å². The van der Waals surface area contributed by atoms with Gasteiger partial charge in [-0.3, -0.25) is 9.78 Å². The molecule has 1 amide bonds. The maximum Gasteiger partial charge on any atom is 0.232 e. The summed E-state index contributed by atoms with van der Waals surface area (Å²) < 4.78 is 23.0. The molecule has 1 heterocycles. The second-order valence-corrected chi connectivity index (χ2v) is 9.54. The van der Waals surface area contributed by atoms with Crippen LogP contribution in [0.3, 0.4) is 0 Å². The van der Waals surface area contributed by atoms with Crippen LogP contribution < -0.4 is 0 Å². The van der Waals surface area contributed by atoms with Gasteiger partial charge in [-0.25, -0.2) is 8.42 Å². The first kappa shape index (κ1) is 17.9. The lowest BCUT2D eigenvalue weighted by Crippen LogP contribution is -2.50. The lowest BCUT2D eigenvalue weighted by molar-refractivity contribution is -0.137. The van der Waals surface area contributed by atoms with Crippen molar-refractivity contribution in [2.75, 3.05) is 18.6 Å². The predicted octanol–water partition coefficient (Wildman–Crippen LogP) is 2.17. The van der Waals surface area contributed by atoms with Gasteiger partial charge in [0.25, 0.3) is 0 Å². The summed E-state index contributed by atoms with van der Waals surface area (Å²) in [4.78, 5) is 19.2. The molecule has 0 N–H and O–H groups in total. The Kier molecular flexibility index (Phi) is 5.14. The zero-order valence-electron chi connectivity index (χ0n) is 14.4. The summed E-state index contributed by atoms with van der Waals surface area (Å²) in [5, 5.41) is 0. The average Bonchev–Trinajstić information content (AvgIpc) is 2.44. The SMILES string of the molecule is CC(C)(C)N(CCS(C)(=O)=O)C(=O)[C@H]1CCCc2cccnc21. The molecule has 1 aromatic heterocycles. The first-order valence-corrected chi connectivity index (χ1v) is 10.1. The Balaban J connectivity index is 2.28. The third kappa shape index (κ3) is 4.53. The number of hydrogen-bond acceptors (Lipinski definition) is 4. The summed E-state index contributed by atoms with van der Waals surface area (Å²) in [6.45, 7) is 6.04. The number of carbonyl (C=O) groups is 1. The highest BCUT2D eigenvalue weighted by Gasteiger charge is 2.35. The van der Waals surface area contributed by atoms with E-state index in [9.17, 15) is 13.2 Å². The van der Waals surface area contributed by atoms with E-state index >= 15 is 0 Å². The van der Waals surface area contributed by atoms with Gasteiger partial charge < -0.3 is 4.90 Å². The molecule has 1 aliphatic carbocycles. The standard InChI is InChI=1S/C17H26N2O3S/c1-17(2,3)19(11-12-23(4,21)22)16(20)14-9-5-7-13-8-6-10-18-15(13)14/h6,8,10,14H,5,7,9,11-12H2,1-4H3/t14-/m0/s1. The van der Waals surface area contributed by atoms with E-state index in [1.165, 1.54) is 6.26 Å². The molecule has 0 saturated heterocycles. The van der Waals surface area contributed by atoms with Crippen LogP contribution in [0.25, 0.3) is 0 Å². The van der Waals surface area contributed by atoms with Crippen LogP contribution in [0.5, 0.6) is 0 Å². The smallest absolute Gasteiger partial charge is 0.232 e. The van der Waals surface area contributed by atoms with Crippen molar-refractivity contribution in [2.24, 2.45) is 0 Å². The quantitative estimate of drug-likeness (QED) is 0.844. The zero-order valence-corrected chi connectivity index (χ0v) is 15.2. The molecule has 0 spiro atoms. The Bertz CT molecular complexity index is 677. The van der Waals surface area contributed by atoms with Gasteiger partial charge in [-0.05, 0) is 51.7 Å². The predicted molar refractivity (Wildman–Crippen MR) is 91.1 cm³/mol. The molecule has 6 heteroatoms. The van der Waals surface area contributed by atoms with Crippen LogP contribution in [0.1, 0.15) is 50.8 Å². The fourth-order valence-electron chi connectivity index (χ4n) is 3.07. The Hall–Kier alpha value is -1.43. The van der Waals surface area contributed by atoms with Gasteiger partial charge in [0, 0.05) is 24.5 Å². The first-order valence-electron chi connectivity index (χ1n) is 8.02. The van der Waals surface area contributed by atoms with E-state index in [0.29, 0.717) is 0 Å². The molecule has 128 valence electrons. The van der Waals surface area contributed by atoms with Gasteiger partial charge in [0.2, 0.25) is 5.91 Å². The highest BCUT2D eigenvalue weighted by Crippen LogP contribution is 2.33. The summed E-state index contributed by atoms with van der Waals surface area (Å²) in [6.07, 6.45) is 5.61. The molecule has 2 rings (SSSR count). The monoisotopic (exact) mass is 338 g/mol. The summed E-state index contributed by atoms with van der Waals surface area (Å²) >= 11 is 0. The van der Waals surface area contributed by atoms with Crippen LogP contribution >= 0.6 is 0 Å². The van der Waals surface area contributed by atoms with E-state index < -0.39 is 15.4 Å². The largest absolute Gasteiger partial charge is 0.336 e. The van der Waals surface area contributed by atoms with Crippen LogP contribution in [0.2, 0.25) is 0 Å². The Morgan fingerprint density at radius 2 is 2.09 bits per heavy atom.